The number of carbonyl (C=O) groups is 3. The SMILES string of the molecule is NC(=O)c1cc([N+](=O)[O-])cc(C(N)=O)c1CCNC(=O)OCc1ccccc1. The Morgan fingerprint density at radius 1 is 1.04 bits per heavy atom. The van der Waals surface area contributed by atoms with Crippen LogP contribution in [0, 0.1) is 10.1 Å². The minimum absolute atomic E-state index is 0.00498. The summed E-state index contributed by atoms with van der Waals surface area (Å²) in [7, 11) is 0. The number of primary amides is 2. The van der Waals surface area contributed by atoms with Crippen LogP contribution in [0.15, 0.2) is 42.5 Å². The Balaban J connectivity index is 2.08. The fourth-order valence-electron chi connectivity index (χ4n) is 2.53. The van der Waals surface area contributed by atoms with Gasteiger partial charge in [-0.15, -0.1) is 0 Å². The van der Waals surface area contributed by atoms with Gasteiger partial charge in [-0.25, -0.2) is 4.79 Å². The third-order valence-corrected chi connectivity index (χ3v) is 3.83. The fourth-order valence-corrected chi connectivity index (χ4v) is 2.53. The van der Waals surface area contributed by atoms with Crippen molar-refractivity contribution < 1.29 is 24.0 Å². The van der Waals surface area contributed by atoms with Crippen LogP contribution < -0.4 is 16.8 Å². The molecular weight excluding hydrogens is 368 g/mol. The molecule has 0 aliphatic carbocycles. The van der Waals surface area contributed by atoms with Gasteiger partial charge in [0.05, 0.1) is 4.92 Å². The second-order valence-electron chi connectivity index (χ2n) is 5.74. The number of alkyl carbamates (subject to hydrolysis) is 1. The predicted molar refractivity (Wildman–Crippen MR) is 98.5 cm³/mol. The molecule has 0 saturated heterocycles. The second kappa shape index (κ2) is 9.12. The van der Waals surface area contributed by atoms with E-state index < -0.39 is 28.5 Å². The van der Waals surface area contributed by atoms with Crippen LogP contribution in [-0.2, 0) is 17.8 Å². The Morgan fingerprint density at radius 3 is 2.11 bits per heavy atom. The van der Waals surface area contributed by atoms with E-state index in [4.69, 9.17) is 16.2 Å². The molecule has 0 fully saturated rings. The Bertz CT molecular complexity index is 879. The molecule has 28 heavy (non-hydrogen) atoms. The molecule has 10 nitrogen and oxygen atoms in total. The summed E-state index contributed by atoms with van der Waals surface area (Å²) < 4.78 is 5.05. The number of ether oxygens (including phenoxy) is 1. The molecule has 5 N–H and O–H groups in total. The largest absolute Gasteiger partial charge is 0.445 e. The summed E-state index contributed by atoms with van der Waals surface area (Å²) in [6.45, 7) is 0.0648. The number of hydrogen-bond donors (Lipinski definition) is 3. The van der Waals surface area contributed by atoms with Gasteiger partial charge in [-0.1, -0.05) is 30.3 Å². The van der Waals surface area contributed by atoms with Crippen molar-refractivity contribution in [2.24, 2.45) is 11.5 Å². The van der Waals surface area contributed by atoms with E-state index in [1.54, 1.807) is 12.1 Å². The summed E-state index contributed by atoms with van der Waals surface area (Å²) >= 11 is 0. The third kappa shape index (κ3) is 5.27. The summed E-state index contributed by atoms with van der Waals surface area (Å²) in [6.07, 6.45) is -0.707. The molecule has 146 valence electrons. The van der Waals surface area contributed by atoms with Crippen LogP contribution in [-0.4, -0.2) is 29.4 Å². The number of non-ortho nitro benzene ring substituents is 1. The van der Waals surface area contributed by atoms with Crippen LogP contribution in [0.3, 0.4) is 0 Å². The van der Waals surface area contributed by atoms with Crippen LogP contribution in [0.5, 0.6) is 0 Å². The summed E-state index contributed by atoms with van der Waals surface area (Å²) in [4.78, 5) is 45.3. The van der Waals surface area contributed by atoms with E-state index >= 15 is 0 Å². The Kier molecular flexibility index (Phi) is 6.63. The Morgan fingerprint density at radius 2 is 1.61 bits per heavy atom. The maximum absolute atomic E-state index is 11.8. The quantitative estimate of drug-likeness (QED) is 0.456. The highest BCUT2D eigenvalue weighted by Gasteiger charge is 2.22. The van der Waals surface area contributed by atoms with Crippen molar-refractivity contribution in [3.63, 3.8) is 0 Å². The molecule has 2 rings (SSSR count). The van der Waals surface area contributed by atoms with Gasteiger partial charge in [0, 0.05) is 29.8 Å². The maximum Gasteiger partial charge on any atom is 0.407 e. The number of nitrogens with one attached hydrogen (secondary N) is 1. The molecule has 10 heteroatoms. The lowest BCUT2D eigenvalue weighted by Gasteiger charge is -2.12. The summed E-state index contributed by atoms with van der Waals surface area (Å²) in [5.41, 5.74) is 10.6. The van der Waals surface area contributed by atoms with Gasteiger partial charge in [0.25, 0.3) is 5.69 Å². The van der Waals surface area contributed by atoms with Gasteiger partial charge >= 0.3 is 6.09 Å². The summed E-state index contributed by atoms with van der Waals surface area (Å²) in [5.74, 6) is -1.90. The number of nitro groups is 1. The normalized spacial score (nSPS) is 10.1. The molecule has 0 aliphatic rings. The lowest BCUT2D eigenvalue weighted by molar-refractivity contribution is -0.384. The van der Waals surface area contributed by atoms with E-state index in [0.29, 0.717) is 0 Å². The van der Waals surface area contributed by atoms with E-state index in [-0.39, 0.29) is 36.3 Å². The summed E-state index contributed by atoms with van der Waals surface area (Å²) in [6, 6.07) is 11.0. The van der Waals surface area contributed by atoms with Crippen LogP contribution in [0.4, 0.5) is 10.5 Å². The number of rotatable bonds is 8. The molecule has 0 heterocycles. The van der Waals surface area contributed by atoms with Crippen molar-refractivity contribution in [3.05, 3.63) is 74.8 Å². The zero-order valence-electron chi connectivity index (χ0n) is 14.7. The van der Waals surface area contributed by atoms with Crippen molar-refractivity contribution in [1.29, 1.82) is 0 Å². The number of nitro benzene ring substituents is 1. The lowest BCUT2D eigenvalue weighted by atomic mass is 9.96. The van der Waals surface area contributed by atoms with Crippen molar-refractivity contribution in [2.45, 2.75) is 13.0 Å². The van der Waals surface area contributed by atoms with Gasteiger partial charge in [0.2, 0.25) is 11.8 Å². The number of amides is 3. The van der Waals surface area contributed by atoms with E-state index in [0.717, 1.165) is 17.7 Å². The fraction of sp³-hybridized carbons (Fsp3) is 0.167. The van der Waals surface area contributed by atoms with E-state index in [2.05, 4.69) is 5.32 Å². The minimum atomic E-state index is -0.951. The molecule has 0 aromatic heterocycles. The first kappa shape index (κ1) is 20.4. The Hall–Kier alpha value is -3.95. The Labute approximate surface area is 159 Å². The van der Waals surface area contributed by atoms with Crippen LogP contribution in [0.25, 0.3) is 0 Å². The van der Waals surface area contributed by atoms with Gasteiger partial charge < -0.3 is 21.5 Å². The molecule has 0 spiro atoms. The van der Waals surface area contributed by atoms with Gasteiger partial charge in [-0.2, -0.15) is 0 Å². The zero-order valence-corrected chi connectivity index (χ0v) is 14.7. The predicted octanol–water partition coefficient (Wildman–Crippen LogP) is 1.26. The number of benzene rings is 2. The van der Waals surface area contributed by atoms with Crippen molar-refractivity contribution in [2.75, 3.05) is 6.54 Å². The number of carbonyl (C=O) groups excluding carboxylic acids is 3. The summed E-state index contributed by atoms with van der Waals surface area (Å²) in [5, 5.41) is 13.5. The first-order valence-corrected chi connectivity index (χ1v) is 8.15. The molecule has 0 atom stereocenters. The van der Waals surface area contributed by atoms with Crippen molar-refractivity contribution in [1.82, 2.24) is 5.32 Å². The zero-order chi connectivity index (χ0) is 20.7. The molecule has 2 aromatic carbocycles. The van der Waals surface area contributed by atoms with E-state index in [1.165, 1.54) is 0 Å². The number of nitrogens with zero attached hydrogens (tertiary/aromatic N) is 1. The maximum atomic E-state index is 11.8. The van der Waals surface area contributed by atoms with Crippen molar-refractivity contribution in [3.8, 4) is 0 Å². The molecule has 0 saturated carbocycles. The first-order chi connectivity index (χ1) is 13.3. The van der Waals surface area contributed by atoms with Crippen LogP contribution in [0.1, 0.15) is 31.8 Å². The highest BCUT2D eigenvalue weighted by atomic mass is 16.6. The third-order valence-electron chi connectivity index (χ3n) is 3.83. The average Bonchev–Trinajstić information content (AvgIpc) is 2.66. The lowest BCUT2D eigenvalue weighted by Crippen LogP contribution is -2.28. The average molecular weight is 386 g/mol. The van der Waals surface area contributed by atoms with Crippen molar-refractivity contribution >= 4 is 23.6 Å². The number of nitrogens with two attached hydrogens (primary N) is 2. The molecule has 0 bridgehead atoms. The van der Waals surface area contributed by atoms with Crippen LogP contribution >= 0.6 is 0 Å². The van der Waals surface area contributed by atoms with Gasteiger partial charge in [0.1, 0.15) is 6.61 Å². The number of hydrogen-bond acceptors (Lipinski definition) is 6. The highest BCUT2D eigenvalue weighted by molar-refractivity contribution is 6.02. The smallest absolute Gasteiger partial charge is 0.407 e. The standard InChI is InChI=1S/C18H18N4O6/c19-16(23)14-8-12(22(26)27)9-15(17(20)24)13(14)6-7-21-18(25)28-10-11-4-2-1-3-5-11/h1-5,8-9H,6-7,10H2,(H2,19,23)(H2,20,24)(H,21,25). The first-order valence-electron chi connectivity index (χ1n) is 8.15. The molecule has 3 amide bonds. The molecule has 0 unspecified atom stereocenters. The molecular formula is C18H18N4O6. The second-order valence-corrected chi connectivity index (χ2v) is 5.74. The molecule has 0 aliphatic heterocycles. The van der Waals surface area contributed by atoms with E-state index in [1.807, 2.05) is 18.2 Å². The topological polar surface area (TPSA) is 168 Å². The molecule has 0 radical (unpaired) electrons. The minimum Gasteiger partial charge on any atom is -0.445 e. The van der Waals surface area contributed by atoms with E-state index in [9.17, 15) is 24.5 Å². The van der Waals surface area contributed by atoms with Gasteiger partial charge in [0.15, 0.2) is 0 Å². The monoisotopic (exact) mass is 386 g/mol. The molecule has 2 aromatic rings. The van der Waals surface area contributed by atoms with Crippen LogP contribution in [0.2, 0.25) is 0 Å². The highest BCUT2D eigenvalue weighted by Crippen LogP contribution is 2.23. The van der Waals surface area contributed by atoms with Gasteiger partial charge in [-0.3, -0.25) is 19.7 Å². The van der Waals surface area contributed by atoms with Gasteiger partial charge in [-0.05, 0) is 17.5 Å².